The lowest BCUT2D eigenvalue weighted by Gasteiger charge is -2.07. The number of aromatic nitrogens is 2. The molecule has 0 atom stereocenters. The number of amides is 2. The molecule has 0 aliphatic rings. The minimum Gasteiger partial charge on any atom is -0.478 e. The third-order valence-electron chi connectivity index (χ3n) is 2.80. The predicted octanol–water partition coefficient (Wildman–Crippen LogP) is 1.48. The SMILES string of the molecule is Cn1ccc(CCNC(=O)Nc2cccc(C(=O)O)c2)n1. The van der Waals surface area contributed by atoms with Crippen LogP contribution in [0.4, 0.5) is 10.5 Å². The molecule has 7 nitrogen and oxygen atoms in total. The van der Waals surface area contributed by atoms with Gasteiger partial charge in [0.1, 0.15) is 0 Å². The summed E-state index contributed by atoms with van der Waals surface area (Å²) < 4.78 is 1.70. The van der Waals surface area contributed by atoms with Crippen molar-refractivity contribution in [3.63, 3.8) is 0 Å². The molecule has 3 N–H and O–H groups in total. The van der Waals surface area contributed by atoms with Crippen molar-refractivity contribution in [3.8, 4) is 0 Å². The molecule has 7 heteroatoms. The van der Waals surface area contributed by atoms with Crippen LogP contribution in [0.1, 0.15) is 16.1 Å². The number of anilines is 1. The quantitative estimate of drug-likeness (QED) is 0.776. The summed E-state index contributed by atoms with van der Waals surface area (Å²) >= 11 is 0. The predicted molar refractivity (Wildman–Crippen MR) is 77.3 cm³/mol. The minimum atomic E-state index is -1.03. The second-order valence-electron chi connectivity index (χ2n) is 4.50. The molecule has 0 aliphatic carbocycles. The number of nitrogens with one attached hydrogen (secondary N) is 2. The first-order chi connectivity index (χ1) is 10.0. The lowest BCUT2D eigenvalue weighted by molar-refractivity contribution is 0.0697. The number of nitrogens with zero attached hydrogens (tertiary/aromatic N) is 2. The van der Waals surface area contributed by atoms with E-state index < -0.39 is 5.97 Å². The van der Waals surface area contributed by atoms with E-state index in [1.807, 2.05) is 19.3 Å². The van der Waals surface area contributed by atoms with Gasteiger partial charge in [0.25, 0.3) is 0 Å². The van der Waals surface area contributed by atoms with Crippen LogP contribution < -0.4 is 10.6 Å². The number of carboxylic acids is 1. The van der Waals surface area contributed by atoms with E-state index >= 15 is 0 Å². The van der Waals surface area contributed by atoms with Crippen LogP contribution in [0.15, 0.2) is 36.5 Å². The highest BCUT2D eigenvalue weighted by Gasteiger charge is 2.06. The van der Waals surface area contributed by atoms with Crippen molar-refractivity contribution in [1.82, 2.24) is 15.1 Å². The Balaban J connectivity index is 1.81. The number of rotatable bonds is 5. The summed E-state index contributed by atoms with van der Waals surface area (Å²) in [4.78, 5) is 22.5. The fourth-order valence-electron chi connectivity index (χ4n) is 1.81. The zero-order chi connectivity index (χ0) is 15.2. The maximum Gasteiger partial charge on any atom is 0.335 e. The van der Waals surface area contributed by atoms with Crippen molar-refractivity contribution < 1.29 is 14.7 Å². The zero-order valence-corrected chi connectivity index (χ0v) is 11.5. The Kier molecular flexibility index (Phi) is 4.55. The summed E-state index contributed by atoms with van der Waals surface area (Å²) in [5.41, 5.74) is 1.46. The first-order valence-electron chi connectivity index (χ1n) is 6.41. The normalized spacial score (nSPS) is 10.1. The maximum atomic E-state index is 11.7. The van der Waals surface area contributed by atoms with Gasteiger partial charge in [-0.05, 0) is 24.3 Å². The van der Waals surface area contributed by atoms with E-state index in [-0.39, 0.29) is 11.6 Å². The molecule has 1 heterocycles. The fourth-order valence-corrected chi connectivity index (χ4v) is 1.81. The van der Waals surface area contributed by atoms with Gasteiger partial charge in [-0.25, -0.2) is 9.59 Å². The summed E-state index contributed by atoms with van der Waals surface area (Å²) in [7, 11) is 1.83. The highest BCUT2D eigenvalue weighted by atomic mass is 16.4. The summed E-state index contributed by atoms with van der Waals surface area (Å²) in [6.07, 6.45) is 2.47. The Morgan fingerprint density at radius 3 is 2.81 bits per heavy atom. The molecule has 21 heavy (non-hydrogen) atoms. The van der Waals surface area contributed by atoms with Crippen molar-refractivity contribution in [2.75, 3.05) is 11.9 Å². The van der Waals surface area contributed by atoms with Crippen molar-refractivity contribution in [1.29, 1.82) is 0 Å². The van der Waals surface area contributed by atoms with Crippen molar-refractivity contribution >= 4 is 17.7 Å². The molecular weight excluding hydrogens is 272 g/mol. The molecule has 0 saturated heterocycles. The van der Waals surface area contributed by atoms with E-state index in [4.69, 9.17) is 5.11 Å². The number of carbonyl (C=O) groups excluding carboxylic acids is 1. The smallest absolute Gasteiger partial charge is 0.335 e. The molecule has 0 aliphatic heterocycles. The largest absolute Gasteiger partial charge is 0.478 e. The molecule has 2 amide bonds. The van der Waals surface area contributed by atoms with Gasteiger partial charge in [-0.15, -0.1) is 0 Å². The number of aryl methyl sites for hydroxylation is 1. The molecule has 0 saturated carbocycles. The summed E-state index contributed by atoms with van der Waals surface area (Å²) in [5, 5.41) is 18.4. The van der Waals surface area contributed by atoms with Crippen LogP contribution in [0.2, 0.25) is 0 Å². The van der Waals surface area contributed by atoms with E-state index in [2.05, 4.69) is 15.7 Å². The number of carboxylic acid groups (broad SMARTS) is 1. The minimum absolute atomic E-state index is 0.126. The van der Waals surface area contributed by atoms with Gasteiger partial charge in [0, 0.05) is 31.9 Å². The lowest BCUT2D eigenvalue weighted by Crippen LogP contribution is -2.30. The highest BCUT2D eigenvalue weighted by molar-refractivity contribution is 5.93. The number of aromatic carboxylic acids is 1. The monoisotopic (exact) mass is 288 g/mol. The first kappa shape index (κ1) is 14.6. The molecular formula is C14H16N4O3. The molecule has 2 rings (SSSR count). The molecule has 0 fully saturated rings. The van der Waals surface area contributed by atoms with Crippen molar-refractivity contribution in [2.45, 2.75) is 6.42 Å². The average molecular weight is 288 g/mol. The number of hydrogen-bond acceptors (Lipinski definition) is 3. The third-order valence-corrected chi connectivity index (χ3v) is 2.80. The Morgan fingerprint density at radius 2 is 2.14 bits per heavy atom. The van der Waals surface area contributed by atoms with Crippen molar-refractivity contribution in [2.24, 2.45) is 7.05 Å². The van der Waals surface area contributed by atoms with Gasteiger partial charge < -0.3 is 15.7 Å². The van der Waals surface area contributed by atoms with E-state index in [0.29, 0.717) is 18.7 Å². The van der Waals surface area contributed by atoms with Crippen LogP contribution in [0.3, 0.4) is 0 Å². The molecule has 2 aromatic rings. The molecule has 0 unspecified atom stereocenters. The van der Waals surface area contributed by atoms with Crippen LogP contribution in [0.25, 0.3) is 0 Å². The van der Waals surface area contributed by atoms with Gasteiger partial charge in [0.05, 0.1) is 11.3 Å². The van der Waals surface area contributed by atoms with Crippen molar-refractivity contribution in [3.05, 3.63) is 47.8 Å². The van der Waals surface area contributed by atoms with Crippen LogP contribution in [-0.2, 0) is 13.5 Å². The van der Waals surface area contributed by atoms with Gasteiger partial charge in [0.15, 0.2) is 0 Å². The van der Waals surface area contributed by atoms with Crippen LogP contribution in [-0.4, -0.2) is 33.4 Å². The Hall–Kier alpha value is -2.83. The second-order valence-corrected chi connectivity index (χ2v) is 4.50. The van der Waals surface area contributed by atoms with Gasteiger partial charge in [-0.2, -0.15) is 5.10 Å². The fraction of sp³-hybridized carbons (Fsp3) is 0.214. The second kappa shape index (κ2) is 6.56. The lowest BCUT2D eigenvalue weighted by atomic mass is 10.2. The van der Waals surface area contributed by atoms with Gasteiger partial charge in [-0.3, -0.25) is 4.68 Å². The highest BCUT2D eigenvalue weighted by Crippen LogP contribution is 2.10. The van der Waals surface area contributed by atoms with E-state index in [9.17, 15) is 9.59 Å². The van der Waals surface area contributed by atoms with Gasteiger partial charge >= 0.3 is 12.0 Å². The Morgan fingerprint density at radius 1 is 1.33 bits per heavy atom. The molecule has 0 bridgehead atoms. The maximum absolute atomic E-state index is 11.7. The third kappa shape index (κ3) is 4.34. The summed E-state index contributed by atoms with van der Waals surface area (Å²) in [6, 6.07) is 7.58. The first-order valence-corrected chi connectivity index (χ1v) is 6.41. The summed E-state index contributed by atoms with van der Waals surface area (Å²) in [6.45, 7) is 0.446. The average Bonchev–Trinajstić information content (AvgIpc) is 2.84. The Bertz CT molecular complexity index is 651. The van der Waals surface area contributed by atoms with E-state index in [1.165, 1.54) is 12.1 Å². The van der Waals surface area contributed by atoms with E-state index in [1.54, 1.807) is 16.8 Å². The number of benzene rings is 1. The van der Waals surface area contributed by atoms with Crippen LogP contribution in [0.5, 0.6) is 0 Å². The standard InChI is InChI=1S/C14H16N4O3/c1-18-8-6-11(17-18)5-7-15-14(21)16-12-4-2-3-10(9-12)13(19)20/h2-4,6,8-9H,5,7H2,1H3,(H,19,20)(H2,15,16,21). The van der Waals surface area contributed by atoms with Gasteiger partial charge in [0.2, 0.25) is 0 Å². The molecule has 0 spiro atoms. The number of hydrogen-bond donors (Lipinski definition) is 3. The van der Waals surface area contributed by atoms with Crippen LogP contribution >= 0.6 is 0 Å². The van der Waals surface area contributed by atoms with Gasteiger partial charge in [-0.1, -0.05) is 6.07 Å². The number of carbonyl (C=O) groups is 2. The topological polar surface area (TPSA) is 96.2 Å². The molecule has 1 aromatic carbocycles. The molecule has 110 valence electrons. The molecule has 0 radical (unpaired) electrons. The molecule has 1 aromatic heterocycles. The number of urea groups is 1. The zero-order valence-electron chi connectivity index (χ0n) is 11.5. The Labute approximate surface area is 121 Å². The van der Waals surface area contributed by atoms with E-state index in [0.717, 1.165) is 5.69 Å². The summed E-state index contributed by atoms with van der Waals surface area (Å²) in [5.74, 6) is -1.03. The van der Waals surface area contributed by atoms with Crippen LogP contribution in [0, 0.1) is 0 Å².